The van der Waals surface area contributed by atoms with Gasteiger partial charge in [-0.25, -0.2) is 15.0 Å². The van der Waals surface area contributed by atoms with Crippen LogP contribution in [0.5, 0.6) is 0 Å². The highest BCUT2D eigenvalue weighted by atomic mass is 15.0. The van der Waals surface area contributed by atoms with Crippen molar-refractivity contribution in [2.75, 3.05) is 0 Å². The molecule has 0 radical (unpaired) electrons. The Hall–Kier alpha value is -5.67. The molecule has 1 aromatic heterocycles. The smallest absolute Gasteiger partial charge is 0.165 e. The lowest BCUT2D eigenvalue weighted by Gasteiger charge is -2.21. The topological polar surface area (TPSA) is 38.7 Å². The maximum atomic E-state index is 5.30. The van der Waals surface area contributed by atoms with Crippen molar-refractivity contribution in [3.8, 4) is 45.3 Å². The largest absolute Gasteiger partial charge is 0.208 e. The molecule has 3 heteroatoms. The minimum Gasteiger partial charge on any atom is -0.208 e. The summed E-state index contributed by atoms with van der Waals surface area (Å²) in [5, 5.41) is 7.00. The first-order chi connectivity index (χ1) is 22.1. The van der Waals surface area contributed by atoms with Crippen LogP contribution < -0.4 is 0 Å². The zero-order chi connectivity index (χ0) is 30.1. The Balaban J connectivity index is 1.36. The van der Waals surface area contributed by atoms with Crippen molar-refractivity contribution >= 4 is 32.3 Å². The second-order valence-corrected chi connectivity index (χ2v) is 12.5. The van der Waals surface area contributed by atoms with Crippen molar-refractivity contribution in [1.82, 2.24) is 15.0 Å². The van der Waals surface area contributed by atoms with Crippen molar-refractivity contribution in [3.63, 3.8) is 0 Å². The minimum atomic E-state index is -0.0627. The molecule has 3 nitrogen and oxygen atoms in total. The Kier molecular flexibility index (Phi) is 5.54. The molecule has 1 heterocycles. The lowest BCUT2D eigenvalue weighted by Crippen LogP contribution is -2.14. The van der Waals surface area contributed by atoms with E-state index in [4.69, 9.17) is 15.0 Å². The molecule has 0 fully saturated rings. The number of rotatable bonds is 3. The fourth-order valence-electron chi connectivity index (χ4n) is 7.27. The third-order valence-corrected chi connectivity index (χ3v) is 9.49. The molecule has 0 bridgehead atoms. The van der Waals surface area contributed by atoms with Gasteiger partial charge in [-0.2, -0.15) is 0 Å². The molecular formula is C42H29N3. The summed E-state index contributed by atoms with van der Waals surface area (Å²) < 4.78 is 0. The first-order valence-corrected chi connectivity index (χ1v) is 15.5. The number of benzene rings is 7. The van der Waals surface area contributed by atoms with Gasteiger partial charge in [-0.15, -0.1) is 0 Å². The van der Waals surface area contributed by atoms with Gasteiger partial charge in [-0.1, -0.05) is 141 Å². The van der Waals surface area contributed by atoms with Crippen LogP contribution in [0.4, 0.5) is 0 Å². The molecule has 0 atom stereocenters. The second kappa shape index (κ2) is 9.67. The normalized spacial score (nSPS) is 13.3. The monoisotopic (exact) mass is 575 g/mol. The fourth-order valence-corrected chi connectivity index (χ4v) is 7.27. The van der Waals surface area contributed by atoms with Crippen LogP contribution in [-0.4, -0.2) is 15.0 Å². The van der Waals surface area contributed by atoms with Gasteiger partial charge in [0.2, 0.25) is 0 Å². The molecule has 0 unspecified atom stereocenters. The summed E-state index contributed by atoms with van der Waals surface area (Å²) in [5.41, 5.74) is 8.13. The van der Waals surface area contributed by atoms with Crippen molar-refractivity contribution in [1.29, 1.82) is 0 Å². The molecule has 0 saturated carbocycles. The standard InChI is InChI=1S/C42H29N3/c1-42(2)35-19-11-10-18-33(35)34-25-30(22-23-36(34)42)40-43-39(27-13-4-3-5-14-27)44-41(45-40)38-32-17-9-7-15-28(32)24-29-21-20-26-12-6-8-16-31(26)37(29)38/h3-25H,1-2H3. The van der Waals surface area contributed by atoms with Crippen LogP contribution in [-0.2, 0) is 5.41 Å². The summed E-state index contributed by atoms with van der Waals surface area (Å²) in [6.07, 6.45) is 0. The van der Waals surface area contributed by atoms with Gasteiger partial charge in [0.05, 0.1) is 0 Å². The Bertz CT molecular complexity index is 2460. The van der Waals surface area contributed by atoms with Gasteiger partial charge in [0.1, 0.15) is 0 Å². The molecule has 8 aromatic rings. The molecule has 9 rings (SSSR count). The second-order valence-electron chi connectivity index (χ2n) is 12.5. The van der Waals surface area contributed by atoms with Crippen LogP contribution in [0.2, 0.25) is 0 Å². The molecule has 7 aromatic carbocycles. The lowest BCUT2D eigenvalue weighted by atomic mass is 9.82. The summed E-state index contributed by atoms with van der Waals surface area (Å²) in [6.45, 7) is 4.61. The fraction of sp³-hybridized carbons (Fsp3) is 0.0714. The van der Waals surface area contributed by atoms with Crippen LogP contribution >= 0.6 is 0 Å². The van der Waals surface area contributed by atoms with Crippen molar-refractivity contribution in [2.24, 2.45) is 0 Å². The highest BCUT2D eigenvalue weighted by molar-refractivity contribution is 6.21. The SMILES string of the molecule is CC1(C)c2ccccc2-c2cc(-c3nc(-c4ccccc4)nc(-c4c5ccccc5cc5ccc6ccccc6c45)n3)ccc21. The van der Waals surface area contributed by atoms with Crippen LogP contribution in [0.15, 0.2) is 140 Å². The predicted molar refractivity (Wildman–Crippen MR) is 186 cm³/mol. The summed E-state index contributed by atoms with van der Waals surface area (Å²) in [4.78, 5) is 15.6. The molecule has 212 valence electrons. The highest BCUT2D eigenvalue weighted by Crippen LogP contribution is 2.49. The number of nitrogens with zero attached hydrogens (tertiary/aromatic N) is 3. The molecular weight excluding hydrogens is 546 g/mol. The van der Waals surface area contributed by atoms with Crippen LogP contribution in [0.3, 0.4) is 0 Å². The van der Waals surface area contributed by atoms with Gasteiger partial charge in [-0.05, 0) is 61.3 Å². The van der Waals surface area contributed by atoms with Gasteiger partial charge < -0.3 is 0 Å². The van der Waals surface area contributed by atoms with Crippen LogP contribution in [0, 0.1) is 0 Å². The summed E-state index contributed by atoms with van der Waals surface area (Å²) in [6, 6.07) is 49.5. The predicted octanol–water partition coefficient (Wildman–Crippen LogP) is 10.6. The van der Waals surface area contributed by atoms with Crippen LogP contribution in [0.25, 0.3) is 77.6 Å². The molecule has 0 amide bonds. The average Bonchev–Trinajstić information content (AvgIpc) is 3.33. The van der Waals surface area contributed by atoms with E-state index >= 15 is 0 Å². The first kappa shape index (κ1) is 25.8. The van der Waals surface area contributed by atoms with Gasteiger partial charge in [0.25, 0.3) is 0 Å². The zero-order valence-electron chi connectivity index (χ0n) is 25.1. The van der Waals surface area contributed by atoms with E-state index < -0.39 is 0 Å². The molecule has 0 aliphatic heterocycles. The van der Waals surface area contributed by atoms with E-state index in [2.05, 4.69) is 135 Å². The van der Waals surface area contributed by atoms with Gasteiger partial charge in [-0.3, -0.25) is 0 Å². The molecule has 1 aliphatic rings. The van der Waals surface area contributed by atoms with E-state index in [0.717, 1.165) is 32.8 Å². The maximum Gasteiger partial charge on any atom is 0.165 e. The molecule has 1 aliphatic carbocycles. The van der Waals surface area contributed by atoms with Crippen molar-refractivity contribution < 1.29 is 0 Å². The van der Waals surface area contributed by atoms with Gasteiger partial charge >= 0.3 is 0 Å². The molecule has 45 heavy (non-hydrogen) atoms. The molecule has 0 spiro atoms. The van der Waals surface area contributed by atoms with Crippen LogP contribution in [0.1, 0.15) is 25.0 Å². The number of aromatic nitrogens is 3. The summed E-state index contributed by atoms with van der Waals surface area (Å²) in [7, 11) is 0. The molecule has 0 N–H and O–H groups in total. The van der Waals surface area contributed by atoms with E-state index in [0.29, 0.717) is 17.5 Å². The van der Waals surface area contributed by atoms with E-state index in [1.54, 1.807) is 0 Å². The van der Waals surface area contributed by atoms with Crippen molar-refractivity contribution in [2.45, 2.75) is 19.3 Å². The lowest BCUT2D eigenvalue weighted by molar-refractivity contribution is 0.660. The quantitative estimate of drug-likeness (QED) is 0.155. The highest BCUT2D eigenvalue weighted by Gasteiger charge is 2.35. The summed E-state index contributed by atoms with van der Waals surface area (Å²) in [5.74, 6) is 2.02. The summed E-state index contributed by atoms with van der Waals surface area (Å²) >= 11 is 0. The minimum absolute atomic E-state index is 0.0627. The third-order valence-electron chi connectivity index (χ3n) is 9.49. The van der Waals surface area contributed by atoms with Gasteiger partial charge in [0.15, 0.2) is 17.5 Å². The maximum absolute atomic E-state index is 5.30. The average molecular weight is 576 g/mol. The van der Waals surface area contributed by atoms with Crippen molar-refractivity contribution in [3.05, 3.63) is 151 Å². The van der Waals surface area contributed by atoms with E-state index in [-0.39, 0.29) is 5.41 Å². The number of hydrogen-bond donors (Lipinski definition) is 0. The van der Waals surface area contributed by atoms with Gasteiger partial charge in [0, 0.05) is 27.5 Å². The Morgan fingerprint density at radius 2 is 1.04 bits per heavy atom. The Labute approximate surface area is 261 Å². The Morgan fingerprint density at radius 1 is 0.422 bits per heavy atom. The third kappa shape index (κ3) is 3.94. The molecule has 0 saturated heterocycles. The zero-order valence-corrected chi connectivity index (χ0v) is 25.1. The van der Waals surface area contributed by atoms with E-state index in [1.807, 2.05) is 18.2 Å². The number of hydrogen-bond acceptors (Lipinski definition) is 3. The first-order valence-electron chi connectivity index (χ1n) is 15.5. The van der Waals surface area contributed by atoms with E-state index in [1.165, 1.54) is 38.4 Å². The Morgan fingerprint density at radius 3 is 1.89 bits per heavy atom. The van der Waals surface area contributed by atoms with E-state index in [9.17, 15) is 0 Å². The number of fused-ring (bicyclic) bond motifs is 7.